The number of hydrogen-bond donors (Lipinski definition) is 0. The van der Waals surface area contributed by atoms with Crippen LogP contribution >= 0.6 is 0 Å². The highest BCUT2D eigenvalue weighted by atomic mass is 16.7. The lowest BCUT2D eigenvalue weighted by molar-refractivity contribution is -0.126. The van der Waals surface area contributed by atoms with Crippen LogP contribution in [0.2, 0.25) is 0 Å². The van der Waals surface area contributed by atoms with Gasteiger partial charge in [0.2, 0.25) is 5.91 Å². The van der Waals surface area contributed by atoms with Gasteiger partial charge >= 0.3 is 0 Å². The van der Waals surface area contributed by atoms with Crippen molar-refractivity contribution in [2.75, 3.05) is 24.2 Å². The number of carbonyl (C=O) groups is 2. The van der Waals surface area contributed by atoms with Crippen LogP contribution in [-0.2, 0) is 14.4 Å². The number of hydrogen-bond acceptors (Lipinski definition) is 6. The van der Waals surface area contributed by atoms with E-state index in [1.165, 1.54) is 4.90 Å². The Morgan fingerprint density at radius 2 is 1.31 bits per heavy atom. The fourth-order valence-electron chi connectivity index (χ4n) is 4.34. The van der Waals surface area contributed by atoms with E-state index in [1.807, 2.05) is 54.6 Å². The molecule has 0 N–H and O–H groups in total. The molecular weight excluding hydrogens is 408 g/mol. The van der Waals surface area contributed by atoms with Gasteiger partial charge in [0.25, 0.3) is 5.91 Å². The van der Waals surface area contributed by atoms with Gasteiger partial charge in [0, 0.05) is 0 Å². The lowest BCUT2D eigenvalue weighted by atomic mass is 9.90. The number of hydroxylamine groups is 1. The molecule has 32 heavy (non-hydrogen) atoms. The van der Waals surface area contributed by atoms with Crippen molar-refractivity contribution in [3.05, 3.63) is 84.4 Å². The minimum Gasteiger partial charge on any atom is -0.497 e. The van der Waals surface area contributed by atoms with Crippen LogP contribution in [0.25, 0.3) is 0 Å². The smallest absolute Gasteiger partial charge is 0.266 e. The van der Waals surface area contributed by atoms with Crippen LogP contribution < -0.4 is 19.4 Å². The Morgan fingerprint density at radius 3 is 1.91 bits per heavy atom. The van der Waals surface area contributed by atoms with Gasteiger partial charge in [-0.2, -0.15) is 0 Å². The first-order valence-electron chi connectivity index (χ1n) is 10.3. The summed E-state index contributed by atoms with van der Waals surface area (Å²) < 4.78 is 10.5. The molecule has 0 aliphatic carbocycles. The average Bonchev–Trinajstić information content (AvgIpc) is 3.36. The Morgan fingerprint density at radius 1 is 0.719 bits per heavy atom. The predicted octanol–water partition coefficient (Wildman–Crippen LogP) is 3.75. The predicted molar refractivity (Wildman–Crippen MR) is 119 cm³/mol. The zero-order chi connectivity index (χ0) is 22.2. The van der Waals surface area contributed by atoms with E-state index in [9.17, 15) is 9.59 Å². The lowest BCUT2D eigenvalue weighted by Gasteiger charge is -2.28. The number of anilines is 2. The topological polar surface area (TPSA) is 68.3 Å². The van der Waals surface area contributed by atoms with Crippen molar-refractivity contribution in [1.82, 2.24) is 0 Å². The third-order valence-corrected chi connectivity index (χ3v) is 5.91. The molecule has 2 amide bonds. The first-order chi connectivity index (χ1) is 15.6. The van der Waals surface area contributed by atoms with E-state index in [0.717, 1.165) is 11.3 Å². The number of fused-ring (bicyclic) bond motifs is 1. The van der Waals surface area contributed by atoms with Crippen molar-refractivity contribution in [3.63, 3.8) is 0 Å². The van der Waals surface area contributed by atoms with Crippen molar-refractivity contribution < 1.29 is 23.9 Å². The molecule has 2 fully saturated rings. The average molecular weight is 430 g/mol. The van der Waals surface area contributed by atoms with E-state index < -0.39 is 18.1 Å². The van der Waals surface area contributed by atoms with Crippen molar-refractivity contribution in [1.29, 1.82) is 0 Å². The number of para-hydroxylation sites is 1. The largest absolute Gasteiger partial charge is 0.497 e. The Hall–Kier alpha value is -3.84. The second kappa shape index (κ2) is 8.01. The molecule has 2 aliphatic heterocycles. The number of imide groups is 1. The van der Waals surface area contributed by atoms with Crippen LogP contribution in [0.5, 0.6) is 11.5 Å². The van der Waals surface area contributed by atoms with E-state index in [0.29, 0.717) is 17.2 Å². The highest BCUT2D eigenvalue weighted by Crippen LogP contribution is 2.47. The Bertz CT molecular complexity index is 1130. The third kappa shape index (κ3) is 3.18. The molecule has 7 nitrogen and oxygen atoms in total. The summed E-state index contributed by atoms with van der Waals surface area (Å²) in [6.07, 6.45) is -0.906. The van der Waals surface area contributed by atoms with E-state index in [4.69, 9.17) is 14.3 Å². The van der Waals surface area contributed by atoms with Crippen LogP contribution in [0.4, 0.5) is 11.4 Å². The maximum Gasteiger partial charge on any atom is 0.266 e. The number of benzene rings is 3. The second-order valence-corrected chi connectivity index (χ2v) is 7.64. The molecule has 2 saturated heterocycles. The van der Waals surface area contributed by atoms with E-state index >= 15 is 0 Å². The zero-order valence-electron chi connectivity index (χ0n) is 17.7. The lowest BCUT2D eigenvalue weighted by Crippen LogP contribution is -2.37. The summed E-state index contributed by atoms with van der Waals surface area (Å²) >= 11 is 0. The molecule has 2 aliphatic rings. The fraction of sp³-hybridized carbons (Fsp3) is 0.200. The van der Waals surface area contributed by atoms with E-state index in [-0.39, 0.29) is 11.8 Å². The van der Waals surface area contributed by atoms with Gasteiger partial charge in [-0.25, -0.2) is 9.96 Å². The van der Waals surface area contributed by atoms with Crippen molar-refractivity contribution in [2.45, 2.75) is 12.1 Å². The second-order valence-electron chi connectivity index (χ2n) is 7.64. The highest BCUT2D eigenvalue weighted by Gasteiger charge is 2.60. The van der Waals surface area contributed by atoms with Gasteiger partial charge in [-0.3, -0.25) is 14.4 Å². The van der Waals surface area contributed by atoms with Crippen LogP contribution in [0, 0.1) is 5.92 Å². The summed E-state index contributed by atoms with van der Waals surface area (Å²) in [5, 5.41) is 1.68. The first kappa shape index (κ1) is 20.1. The normalized spacial score (nSPS) is 22.2. The Kier molecular flexibility index (Phi) is 5.03. The molecule has 2 heterocycles. The van der Waals surface area contributed by atoms with Crippen LogP contribution in [0.15, 0.2) is 78.9 Å². The molecular formula is C25H22N2O5. The van der Waals surface area contributed by atoms with Crippen LogP contribution in [0.1, 0.15) is 11.6 Å². The number of ether oxygens (including phenoxy) is 2. The van der Waals surface area contributed by atoms with Gasteiger partial charge in [0.1, 0.15) is 17.4 Å². The fourth-order valence-corrected chi connectivity index (χ4v) is 4.34. The first-order valence-corrected chi connectivity index (χ1v) is 10.3. The van der Waals surface area contributed by atoms with E-state index in [2.05, 4.69) is 0 Å². The highest BCUT2D eigenvalue weighted by molar-refractivity contribution is 6.23. The van der Waals surface area contributed by atoms with Crippen LogP contribution in [-0.4, -0.2) is 32.1 Å². The van der Waals surface area contributed by atoms with Crippen molar-refractivity contribution in [2.24, 2.45) is 5.92 Å². The summed E-state index contributed by atoms with van der Waals surface area (Å²) in [7, 11) is 3.17. The summed E-state index contributed by atoms with van der Waals surface area (Å²) in [5.41, 5.74) is 2.14. The van der Waals surface area contributed by atoms with Crippen molar-refractivity contribution in [3.8, 4) is 11.5 Å². The Labute approximate surface area is 185 Å². The Balaban J connectivity index is 1.55. The number of amides is 2. The summed E-state index contributed by atoms with van der Waals surface area (Å²) in [4.78, 5) is 34.2. The summed E-state index contributed by atoms with van der Waals surface area (Å²) in [6.45, 7) is 0. The van der Waals surface area contributed by atoms with Crippen molar-refractivity contribution >= 4 is 23.2 Å². The van der Waals surface area contributed by atoms with Gasteiger partial charge < -0.3 is 9.47 Å². The molecule has 0 aromatic heterocycles. The monoisotopic (exact) mass is 430 g/mol. The van der Waals surface area contributed by atoms with Gasteiger partial charge in [-0.05, 0) is 54.1 Å². The van der Waals surface area contributed by atoms with Gasteiger partial charge in [0.05, 0.1) is 31.6 Å². The number of carbonyl (C=O) groups excluding carboxylic acids is 2. The quantitative estimate of drug-likeness (QED) is 0.575. The molecule has 0 bridgehead atoms. The molecule has 3 aromatic rings. The minimum atomic E-state index is -0.906. The van der Waals surface area contributed by atoms with Gasteiger partial charge in [-0.1, -0.05) is 30.3 Å². The molecule has 5 rings (SSSR count). The maximum atomic E-state index is 13.6. The summed E-state index contributed by atoms with van der Waals surface area (Å²) in [5.74, 6) is 0.0181. The zero-order valence-corrected chi connectivity index (χ0v) is 17.7. The number of nitrogens with zero attached hydrogens (tertiary/aromatic N) is 2. The molecule has 162 valence electrons. The molecule has 3 atom stereocenters. The number of methoxy groups -OCH3 is 2. The van der Waals surface area contributed by atoms with Crippen LogP contribution in [0.3, 0.4) is 0 Å². The molecule has 0 spiro atoms. The number of rotatable bonds is 5. The third-order valence-electron chi connectivity index (χ3n) is 5.91. The standard InChI is InChI=1S/C25H22N2O5/c1-30-19-12-8-16(9-13-19)22-21-23(32-27(22)18-6-4-3-5-7-18)25(29)26(24(21)28)17-10-14-20(31-2)15-11-17/h3-15,21-23H,1-2H3/t21-,22-,23+/m1/s1. The van der Waals surface area contributed by atoms with E-state index in [1.54, 1.807) is 43.5 Å². The van der Waals surface area contributed by atoms with Gasteiger partial charge in [-0.15, -0.1) is 0 Å². The molecule has 0 saturated carbocycles. The van der Waals surface area contributed by atoms with Gasteiger partial charge in [0.15, 0.2) is 6.10 Å². The SMILES string of the molecule is COc1ccc([C@@H]2[C@H]3C(=O)N(c4ccc(OC)cc4)C(=O)[C@H]3ON2c2ccccc2)cc1. The molecule has 3 aromatic carbocycles. The maximum absolute atomic E-state index is 13.6. The summed E-state index contributed by atoms with van der Waals surface area (Å²) in [6, 6.07) is 23.4. The minimum absolute atomic E-state index is 0.288. The molecule has 0 radical (unpaired) electrons. The molecule has 0 unspecified atom stereocenters. The molecule has 7 heteroatoms.